The van der Waals surface area contributed by atoms with Crippen molar-refractivity contribution in [1.29, 1.82) is 0 Å². The van der Waals surface area contributed by atoms with E-state index in [0.717, 1.165) is 35.3 Å². The van der Waals surface area contributed by atoms with E-state index in [1.807, 2.05) is 56.6 Å². The maximum atomic E-state index is 13.3. The first-order chi connectivity index (χ1) is 17.0. The third-order valence-corrected chi connectivity index (χ3v) is 6.74. The molecule has 178 valence electrons. The number of para-hydroxylation sites is 1. The minimum absolute atomic E-state index is 0.0230. The number of aromatic nitrogens is 4. The number of allylic oxidation sites excluding steroid dienone is 1. The average molecular weight is 467 g/mol. The first-order valence-electron chi connectivity index (χ1n) is 11.9. The Balaban J connectivity index is 1.44. The van der Waals surface area contributed by atoms with Gasteiger partial charge in [0.1, 0.15) is 11.5 Å². The molecule has 1 aliphatic carbocycles. The summed E-state index contributed by atoms with van der Waals surface area (Å²) < 4.78 is 3.54. The summed E-state index contributed by atoms with van der Waals surface area (Å²) in [5, 5.41) is 15.5. The van der Waals surface area contributed by atoms with Crippen LogP contribution >= 0.6 is 0 Å². The van der Waals surface area contributed by atoms with Gasteiger partial charge in [0, 0.05) is 36.3 Å². The van der Waals surface area contributed by atoms with Crippen molar-refractivity contribution in [1.82, 2.24) is 24.9 Å². The molecule has 2 aromatic carbocycles. The Kier molecular flexibility index (Phi) is 6.23. The molecule has 5 rings (SSSR count). The molecular weight excluding hydrogens is 436 g/mol. The number of carbonyl (C=O) groups excluding carboxylic acids is 1. The fourth-order valence-electron chi connectivity index (χ4n) is 4.90. The lowest BCUT2D eigenvalue weighted by atomic mass is 9.94. The van der Waals surface area contributed by atoms with E-state index >= 15 is 0 Å². The molecule has 0 unspecified atom stereocenters. The van der Waals surface area contributed by atoms with Crippen LogP contribution in [0.4, 0.5) is 10.6 Å². The highest BCUT2D eigenvalue weighted by Gasteiger charge is 2.33. The summed E-state index contributed by atoms with van der Waals surface area (Å²) in [7, 11) is 1.88. The van der Waals surface area contributed by atoms with Crippen LogP contribution in [0.2, 0.25) is 0 Å². The van der Waals surface area contributed by atoms with E-state index in [1.54, 1.807) is 15.6 Å². The van der Waals surface area contributed by atoms with Gasteiger partial charge in [-0.05, 0) is 44.4 Å². The number of hydrogen-bond donors (Lipinski definition) is 2. The van der Waals surface area contributed by atoms with Crippen LogP contribution in [-0.2, 0) is 7.05 Å². The molecule has 1 aliphatic rings. The number of urea groups is 1. The van der Waals surface area contributed by atoms with Crippen molar-refractivity contribution in [2.75, 3.05) is 5.32 Å². The summed E-state index contributed by atoms with van der Waals surface area (Å²) in [4.78, 5) is 13.3. The van der Waals surface area contributed by atoms with Crippen LogP contribution in [0.1, 0.15) is 36.8 Å². The summed E-state index contributed by atoms with van der Waals surface area (Å²) in [5.41, 5.74) is 6.07. The van der Waals surface area contributed by atoms with Gasteiger partial charge < -0.3 is 5.32 Å². The second-order valence-electron chi connectivity index (χ2n) is 9.05. The Hall–Kier alpha value is -4.13. The normalized spacial score (nSPS) is 18.7. The third-order valence-electron chi connectivity index (χ3n) is 6.74. The average Bonchev–Trinajstić information content (AvgIpc) is 3.58. The first kappa shape index (κ1) is 22.7. The molecule has 2 heterocycles. The summed E-state index contributed by atoms with van der Waals surface area (Å²) in [5.74, 6) is 0.896. The number of hydrogen-bond acceptors (Lipinski definition) is 3. The maximum Gasteiger partial charge on any atom is 0.320 e. The number of benzene rings is 2. The zero-order chi connectivity index (χ0) is 24.4. The van der Waals surface area contributed by atoms with Crippen molar-refractivity contribution in [2.24, 2.45) is 7.05 Å². The van der Waals surface area contributed by atoms with Gasteiger partial charge in [-0.2, -0.15) is 10.2 Å². The van der Waals surface area contributed by atoms with E-state index in [-0.39, 0.29) is 18.0 Å². The molecule has 35 heavy (non-hydrogen) atoms. The van der Waals surface area contributed by atoms with E-state index in [1.165, 1.54) is 11.1 Å². The van der Waals surface area contributed by atoms with Crippen molar-refractivity contribution in [3.8, 4) is 16.9 Å². The minimum atomic E-state index is -0.230. The molecule has 0 saturated heterocycles. The monoisotopic (exact) mass is 466 g/mol. The Bertz CT molecular complexity index is 1350. The van der Waals surface area contributed by atoms with Crippen LogP contribution in [0.3, 0.4) is 0 Å². The highest BCUT2D eigenvalue weighted by Crippen LogP contribution is 2.38. The second kappa shape index (κ2) is 9.62. The van der Waals surface area contributed by atoms with Crippen LogP contribution in [0.5, 0.6) is 0 Å². The first-order valence-corrected chi connectivity index (χ1v) is 11.9. The Morgan fingerprint density at radius 1 is 1.06 bits per heavy atom. The van der Waals surface area contributed by atoms with Crippen LogP contribution in [-0.4, -0.2) is 31.6 Å². The van der Waals surface area contributed by atoms with Crippen molar-refractivity contribution in [3.05, 3.63) is 95.8 Å². The fraction of sp³-hybridized carbons (Fsp3) is 0.250. The van der Waals surface area contributed by atoms with Crippen molar-refractivity contribution in [2.45, 2.75) is 38.6 Å². The minimum Gasteiger partial charge on any atom is -0.334 e. The number of anilines is 1. The molecule has 0 aliphatic heterocycles. The fourth-order valence-corrected chi connectivity index (χ4v) is 4.90. The van der Waals surface area contributed by atoms with Crippen molar-refractivity contribution < 1.29 is 4.79 Å². The van der Waals surface area contributed by atoms with Crippen LogP contribution < -0.4 is 10.6 Å². The van der Waals surface area contributed by atoms with Gasteiger partial charge in [-0.25, -0.2) is 9.48 Å². The smallest absolute Gasteiger partial charge is 0.320 e. The number of nitrogens with zero attached hydrogens (tertiary/aromatic N) is 4. The van der Waals surface area contributed by atoms with Gasteiger partial charge in [0.25, 0.3) is 0 Å². The van der Waals surface area contributed by atoms with Crippen LogP contribution in [0, 0.1) is 6.92 Å². The molecule has 0 radical (unpaired) electrons. The van der Waals surface area contributed by atoms with Gasteiger partial charge in [0.15, 0.2) is 0 Å². The SMILES string of the molecule is CC=C1C[C@@H](NC(=O)Nc2c(C)c(-c3cnn(C)c3)nn2-c2ccccc2)[C@H](c2ccccc2)C1. The molecule has 2 N–H and O–H groups in total. The predicted octanol–water partition coefficient (Wildman–Crippen LogP) is 5.60. The van der Waals surface area contributed by atoms with Crippen molar-refractivity contribution in [3.63, 3.8) is 0 Å². The van der Waals surface area contributed by atoms with Crippen LogP contribution in [0.25, 0.3) is 16.9 Å². The molecule has 1 saturated carbocycles. The van der Waals surface area contributed by atoms with Gasteiger partial charge in [-0.1, -0.05) is 60.2 Å². The second-order valence-corrected chi connectivity index (χ2v) is 9.05. The lowest BCUT2D eigenvalue weighted by molar-refractivity contribution is 0.247. The number of aryl methyl sites for hydroxylation is 1. The van der Waals surface area contributed by atoms with E-state index < -0.39 is 0 Å². The molecule has 0 bridgehead atoms. The summed E-state index contributed by atoms with van der Waals surface area (Å²) in [6.07, 6.45) is 7.69. The van der Waals surface area contributed by atoms with E-state index in [2.05, 4.69) is 53.0 Å². The predicted molar refractivity (Wildman–Crippen MR) is 139 cm³/mol. The lowest BCUT2D eigenvalue weighted by Gasteiger charge is -2.21. The van der Waals surface area contributed by atoms with Gasteiger partial charge in [-0.15, -0.1) is 0 Å². The summed E-state index contributed by atoms with van der Waals surface area (Å²) >= 11 is 0. The third kappa shape index (κ3) is 4.62. The Labute approximate surface area is 205 Å². The molecule has 7 nitrogen and oxygen atoms in total. The number of amides is 2. The standard InChI is InChI=1S/C28H30N6O/c1-4-20-15-24(21-11-7-5-8-12-21)25(16-20)30-28(35)31-27-19(2)26(22-17-29-33(3)18-22)32-34(27)23-13-9-6-10-14-23/h4-14,17-18,24-25H,15-16H2,1-3H3,(H2,30,31,35)/t24-,25+/m0/s1. The summed E-state index contributed by atoms with van der Waals surface area (Å²) in [6, 6.07) is 20.1. The molecule has 0 spiro atoms. The zero-order valence-corrected chi connectivity index (χ0v) is 20.3. The van der Waals surface area contributed by atoms with Gasteiger partial charge in [0.05, 0.1) is 11.9 Å². The van der Waals surface area contributed by atoms with Crippen molar-refractivity contribution >= 4 is 11.8 Å². The van der Waals surface area contributed by atoms with Crippen LogP contribution in [0.15, 0.2) is 84.7 Å². The van der Waals surface area contributed by atoms with Gasteiger partial charge in [-0.3, -0.25) is 10.00 Å². The van der Waals surface area contributed by atoms with E-state index in [4.69, 9.17) is 5.10 Å². The molecule has 1 fully saturated rings. The summed E-state index contributed by atoms with van der Waals surface area (Å²) in [6.45, 7) is 4.05. The molecule has 7 heteroatoms. The number of nitrogens with one attached hydrogen (secondary N) is 2. The zero-order valence-electron chi connectivity index (χ0n) is 20.3. The molecule has 2 aromatic heterocycles. The molecular formula is C28H30N6O. The quantitative estimate of drug-likeness (QED) is 0.376. The lowest BCUT2D eigenvalue weighted by Crippen LogP contribution is -2.39. The van der Waals surface area contributed by atoms with E-state index in [0.29, 0.717) is 5.82 Å². The molecule has 2 amide bonds. The van der Waals surface area contributed by atoms with Gasteiger partial charge in [0.2, 0.25) is 0 Å². The molecule has 2 atom stereocenters. The van der Waals surface area contributed by atoms with Gasteiger partial charge >= 0.3 is 6.03 Å². The highest BCUT2D eigenvalue weighted by atomic mass is 16.2. The number of carbonyl (C=O) groups is 1. The Morgan fingerprint density at radius 3 is 2.43 bits per heavy atom. The highest BCUT2D eigenvalue weighted by molar-refractivity contribution is 5.91. The number of rotatable bonds is 5. The maximum absolute atomic E-state index is 13.3. The largest absolute Gasteiger partial charge is 0.334 e. The molecule has 4 aromatic rings. The Morgan fingerprint density at radius 2 is 1.77 bits per heavy atom. The topological polar surface area (TPSA) is 76.8 Å². The van der Waals surface area contributed by atoms with E-state index in [9.17, 15) is 4.79 Å².